The molecule has 0 saturated carbocycles. The zero-order valence-corrected chi connectivity index (χ0v) is 17.0. The van der Waals surface area contributed by atoms with Gasteiger partial charge in [-0.1, -0.05) is 26.0 Å². The second-order valence-electron chi connectivity index (χ2n) is 7.47. The molecule has 1 aromatic heterocycles. The van der Waals surface area contributed by atoms with Gasteiger partial charge >= 0.3 is 5.97 Å². The van der Waals surface area contributed by atoms with Crippen molar-refractivity contribution in [1.82, 2.24) is 4.57 Å². The van der Waals surface area contributed by atoms with Gasteiger partial charge in [0.1, 0.15) is 0 Å². The lowest BCUT2D eigenvalue weighted by Crippen LogP contribution is -2.04. The molecule has 0 aliphatic heterocycles. The van der Waals surface area contributed by atoms with Crippen molar-refractivity contribution in [3.8, 4) is 5.69 Å². The third-order valence-corrected chi connectivity index (χ3v) is 5.07. The van der Waals surface area contributed by atoms with E-state index in [0.717, 1.165) is 33.9 Å². The summed E-state index contributed by atoms with van der Waals surface area (Å²) in [4.78, 5) is 15.8. The van der Waals surface area contributed by atoms with Crippen molar-refractivity contribution in [3.05, 3.63) is 82.2 Å². The van der Waals surface area contributed by atoms with Gasteiger partial charge in [-0.25, -0.2) is 4.79 Å². The first-order valence-corrected chi connectivity index (χ1v) is 9.45. The fourth-order valence-electron chi connectivity index (χ4n) is 3.42. The highest BCUT2D eigenvalue weighted by Crippen LogP contribution is 2.24. The minimum absolute atomic E-state index is 0.301. The summed E-state index contributed by atoms with van der Waals surface area (Å²) in [6.45, 7) is 10.4. The second kappa shape index (κ2) is 7.85. The maximum Gasteiger partial charge on any atom is 0.335 e. The van der Waals surface area contributed by atoms with Gasteiger partial charge in [-0.05, 0) is 74.2 Å². The topological polar surface area (TPSA) is 54.6 Å². The predicted molar refractivity (Wildman–Crippen MR) is 115 cm³/mol. The highest BCUT2D eigenvalue weighted by molar-refractivity contribution is 5.88. The van der Waals surface area contributed by atoms with Gasteiger partial charge in [0.25, 0.3) is 0 Å². The summed E-state index contributed by atoms with van der Waals surface area (Å²) in [7, 11) is 0. The molecule has 3 aromatic rings. The van der Waals surface area contributed by atoms with E-state index in [4.69, 9.17) is 0 Å². The lowest BCUT2D eigenvalue weighted by atomic mass is 10.0. The number of aromatic nitrogens is 1. The number of carboxylic acid groups (broad SMARTS) is 1. The largest absolute Gasteiger partial charge is 0.478 e. The Bertz CT molecular complexity index is 1040. The second-order valence-corrected chi connectivity index (χ2v) is 7.47. The molecule has 0 fully saturated rings. The smallest absolute Gasteiger partial charge is 0.335 e. The molecule has 3 rings (SSSR count). The average Bonchev–Trinajstić information content (AvgIpc) is 2.94. The van der Waals surface area contributed by atoms with Crippen molar-refractivity contribution in [3.63, 3.8) is 0 Å². The van der Waals surface area contributed by atoms with Crippen LogP contribution in [-0.4, -0.2) is 21.9 Å². The molecule has 4 heteroatoms. The molecule has 1 N–H and O–H groups in total. The molecule has 1 heterocycles. The monoisotopic (exact) mass is 374 g/mol. The first-order valence-electron chi connectivity index (χ1n) is 9.45. The highest BCUT2D eigenvalue weighted by Gasteiger charge is 2.13. The number of aryl methyl sites for hydroxylation is 2. The number of aliphatic imine (C=N–C) groups is 1. The average molecular weight is 374 g/mol. The molecule has 0 saturated heterocycles. The fraction of sp³-hybridized carbons (Fsp3) is 0.250. The molecule has 0 spiro atoms. The van der Waals surface area contributed by atoms with Gasteiger partial charge in [0.2, 0.25) is 0 Å². The summed E-state index contributed by atoms with van der Waals surface area (Å²) in [5.74, 6) is -0.403. The number of carbonyl (C=O) groups is 1. The highest BCUT2D eigenvalue weighted by atomic mass is 16.4. The van der Waals surface area contributed by atoms with Crippen LogP contribution in [0.2, 0.25) is 0 Å². The van der Waals surface area contributed by atoms with E-state index in [1.54, 1.807) is 12.1 Å². The lowest BCUT2D eigenvalue weighted by Gasteiger charge is -2.13. The van der Waals surface area contributed by atoms with Crippen molar-refractivity contribution in [1.29, 1.82) is 0 Å². The third-order valence-electron chi connectivity index (χ3n) is 5.07. The Hall–Kier alpha value is -3.14. The zero-order valence-electron chi connectivity index (χ0n) is 17.0. The number of carboxylic acids is 1. The van der Waals surface area contributed by atoms with Crippen LogP contribution in [0.5, 0.6) is 0 Å². The van der Waals surface area contributed by atoms with E-state index in [0.29, 0.717) is 11.5 Å². The molecule has 0 unspecified atom stereocenters. The molecule has 0 aliphatic rings. The van der Waals surface area contributed by atoms with Crippen LogP contribution >= 0.6 is 0 Å². The van der Waals surface area contributed by atoms with Crippen molar-refractivity contribution in [2.45, 2.75) is 40.5 Å². The van der Waals surface area contributed by atoms with Crippen molar-refractivity contribution >= 4 is 17.9 Å². The number of hydrogen-bond donors (Lipinski definition) is 1. The van der Waals surface area contributed by atoms with Crippen LogP contribution in [0, 0.1) is 20.8 Å². The van der Waals surface area contributed by atoms with Crippen LogP contribution in [-0.2, 0) is 0 Å². The maximum atomic E-state index is 11.2. The lowest BCUT2D eigenvalue weighted by molar-refractivity contribution is 0.0697. The molecule has 0 aliphatic carbocycles. The molecule has 28 heavy (non-hydrogen) atoms. The number of rotatable bonds is 5. The van der Waals surface area contributed by atoms with Crippen LogP contribution in [0.15, 0.2) is 53.5 Å². The molecular formula is C24H26N2O2. The third kappa shape index (κ3) is 3.91. The SMILES string of the molecule is Cc1cc(C(=O)O)ccc1-n1c(C)cc(C=Nc2ccc(C(C)C)cc2)c1C. The van der Waals surface area contributed by atoms with E-state index >= 15 is 0 Å². The van der Waals surface area contributed by atoms with Crippen LogP contribution in [0.3, 0.4) is 0 Å². The summed E-state index contributed by atoms with van der Waals surface area (Å²) < 4.78 is 2.14. The quantitative estimate of drug-likeness (QED) is 0.559. The Morgan fingerprint density at radius 3 is 2.29 bits per heavy atom. The number of nitrogens with zero attached hydrogens (tertiary/aromatic N) is 2. The van der Waals surface area contributed by atoms with Gasteiger partial charge in [-0.3, -0.25) is 4.99 Å². The first-order chi connectivity index (χ1) is 13.3. The molecule has 0 radical (unpaired) electrons. The maximum absolute atomic E-state index is 11.2. The summed E-state index contributed by atoms with van der Waals surface area (Å²) in [6, 6.07) is 15.6. The van der Waals surface area contributed by atoms with E-state index in [1.807, 2.05) is 38.3 Å². The number of benzene rings is 2. The van der Waals surface area contributed by atoms with Gasteiger partial charge in [0.15, 0.2) is 0 Å². The van der Waals surface area contributed by atoms with Crippen molar-refractivity contribution in [2.24, 2.45) is 4.99 Å². The summed E-state index contributed by atoms with van der Waals surface area (Å²) in [5.41, 5.74) is 7.65. The molecular weight excluding hydrogens is 348 g/mol. The minimum atomic E-state index is -0.910. The van der Waals surface area contributed by atoms with Crippen LogP contribution in [0.1, 0.15) is 58.2 Å². The molecule has 0 atom stereocenters. The summed E-state index contributed by atoms with van der Waals surface area (Å²) in [5, 5.41) is 9.19. The Labute approximate surface area is 166 Å². The van der Waals surface area contributed by atoms with E-state index < -0.39 is 5.97 Å². The normalized spacial score (nSPS) is 11.5. The Morgan fingerprint density at radius 1 is 1.04 bits per heavy atom. The van der Waals surface area contributed by atoms with Crippen molar-refractivity contribution < 1.29 is 9.90 Å². The molecule has 0 amide bonds. The van der Waals surface area contributed by atoms with Gasteiger partial charge in [-0.2, -0.15) is 0 Å². The Morgan fingerprint density at radius 2 is 1.71 bits per heavy atom. The van der Waals surface area contributed by atoms with Gasteiger partial charge in [-0.15, -0.1) is 0 Å². The minimum Gasteiger partial charge on any atom is -0.478 e. The van der Waals surface area contributed by atoms with Gasteiger partial charge < -0.3 is 9.67 Å². The summed E-state index contributed by atoms with van der Waals surface area (Å²) >= 11 is 0. The number of hydrogen-bond acceptors (Lipinski definition) is 2. The molecule has 4 nitrogen and oxygen atoms in total. The van der Waals surface area contributed by atoms with E-state index in [9.17, 15) is 9.90 Å². The fourth-order valence-corrected chi connectivity index (χ4v) is 3.42. The van der Waals surface area contributed by atoms with Gasteiger partial charge in [0, 0.05) is 28.9 Å². The van der Waals surface area contributed by atoms with Crippen molar-refractivity contribution in [2.75, 3.05) is 0 Å². The molecule has 2 aromatic carbocycles. The van der Waals surface area contributed by atoms with Crippen LogP contribution in [0.25, 0.3) is 5.69 Å². The van der Waals surface area contributed by atoms with E-state index in [-0.39, 0.29) is 0 Å². The predicted octanol–water partition coefficient (Wildman–Crippen LogP) is 5.97. The molecule has 0 bridgehead atoms. The number of aromatic carboxylic acids is 1. The first kappa shape index (κ1) is 19.6. The molecule has 144 valence electrons. The zero-order chi connectivity index (χ0) is 20.4. The van der Waals surface area contributed by atoms with Gasteiger partial charge in [0.05, 0.1) is 11.3 Å². The Balaban J connectivity index is 1.93. The van der Waals surface area contributed by atoms with Crippen LogP contribution in [0.4, 0.5) is 5.69 Å². The summed E-state index contributed by atoms with van der Waals surface area (Å²) in [6.07, 6.45) is 1.89. The standard InChI is InChI=1S/C24H26N2O2/c1-15(2)19-6-9-22(10-7-19)25-14-21-13-17(4)26(18(21)5)23-11-8-20(24(27)28)12-16(23)3/h6-15H,1-5H3,(H,27,28). The van der Waals surface area contributed by atoms with E-state index in [1.165, 1.54) is 5.56 Å². The van der Waals surface area contributed by atoms with E-state index in [2.05, 4.69) is 48.5 Å². The van der Waals surface area contributed by atoms with Crippen LogP contribution < -0.4 is 0 Å². The Kier molecular flexibility index (Phi) is 5.50.